The molecule has 0 bridgehead atoms. The van der Waals surface area contributed by atoms with E-state index in [0.29, 0.717) is 19.0 Å². The average Bonchev–Trinajstić information content (AvgIpc) is 2.76. The molecule has 22 heavy (non-hydrogen) atoms. The quantitative estimate of drug-likeness (QED) is 0.372. The third kappa shape index (κ3) is 6.07. The van der Waals surface area contributed by atoms with Crippen molar-refractivity contribution in [3.8, 4) is 0 Å². The number of rotatable bonds is 5. The van der Waals surface area contributed by atoms with Crippen LogP contribution < -0.4 is 16.0 Å². The molecule has 0 radical (unpaired) electrons. The fourth-order valence-electron chi connectivity index (χ4n) is 1.72. The van der Waals surface area contributed by atoms with E-state index in [9.17, 15) is 4.79 Å². The Morgan fingerprint density at radius 1 is 1.32 bits per heavy atom. The summed E-state index contributed by atoms with van der Waals surface area (Å²) in [4.78, 5) is 21.6. The van der Waals surface area contributed by atoms with E-state index in [1.165, 1.54) is 4.88 Å². The summed E-state index contributed by atoms with van der Waals surface area (Å²) in [7, 11) is 3.35. The van der Waals surface area contributed by atoms with Crippen LogP contribution in [-0.2, 0) is 11.3 Å². The molecule has 1 aromatic heterocycles. The van der Waals surface area contributed by atoms with Gasteiger partial charge in [0.1, 0.15) is 5.01 Å². The fourth-order valence-corrected chi connectivity index (χ4v) is 2.59. The largest absolute Gasteiger partial charge is 0.359 e. The average molecular weight is 439 g/mol. The van der Waals surface area contributed by atoms with Crippen molar-refractivity contribution in [2.45, 2.75) is 34.2 Å². The van der Waals surface area contributed by atoms with Crippen molar-refractivity contribution >= 4 is 47.2 Å². The van der Waals surface area contributed by atoms with Crippen molar-refractivity contribution in [1.82, 2.24) is 20.9 Å². The number of carbonyl (C=O) groups excluding carboxylic acids is 1. The van der Waals surface area contributed by atoms with Crippen LogP contribution in [0.2, 0.25) is 0 Å². The molecule has 126 valence electrons. The number of halogens is 1. The predicted molar refractivity (Wildman–Crippen MR) is 103 cm³/mol. The molecular weight excluding hydrogens is 413 g/mol. The highest BCUT2D eigenvalue weighted by molar-refractivity contribution is 14.0. The van der Waals surface area contributed by atoms with E-state index < -0.39 is 5.41 Å². The van der Waals surface area contributed by atoms with Gasteiger partial charge in [-0.25, -0.2) is 4.98 Å². The highest BCUT2D eigenvalue weighted by Gasteiger charge is 2.26. The Kier molecular flexibility index (Phi) is 8.91. The van der Waals surface area contributed by atoms with Gasteiger partial charge in [0.15, 0.2) is 5.96 Å². The molecule has 0 atom stereocenters. The molecule has 1 amide bonds. The van der Waals surface area contributed by atoms with Gasteiger partial charge in [-0.15, -0.1) is 35.3 Å². The Bertz CT molecular complexity index is 508. The van der Waals surface area contributed by atoms with E-state index in [-0.39, 0.29) is 29.9 Å². The van der Waals surface area contributed by atoms with Crippen molar-refractivity contribution < 1.29 is 4.79 Å². The van der Waals surface area contributed by atoms with E-state index in [0.717, 1.165) is 10.7 Å². The van der Waals surface area contributed by atoms with E-state index >= 15 is 0 Å². The maximum atomic E-state index is 11.7. The lowest BCUT2D eigenvalue weighted by molar-refractivity contribution is -0.128. The van der Waals surface area contributed by atoms with E-state index in [2.05, 4.69) is 32.9 Å². The summed E-state index contributed by atoms with van der Waals surface area (Å²) in [6, 6.07) is 0. The van der Waals surface area contributed by atoms with Gasteiger partial charge in [-0.05, 0) is 27.7 Å². The van der Waals surface area contributed by atoms with Crippen molar-refractivity contribution in [3.05, 3.63) is 15.6 Å². The predicted octanol–water partition coefficient (Wildman–Crippen LogP) is 1.82. The molecule has 0 unspecified atom stereocenters. The van der Waals surface area contributed by atoms with Gasteiger partial charge in [-0.3, -0.25) is 9.79 Å². The van der Waals surface area contributed by atoms with Gasteiger partial charge in [0, 0.05) is 25.5 Å². The number of carbonyl (C=O) groups is 1. The molecule has 1 aromatic rings. The summed E-state index contributed by atoms with van der Waals surface area (Å²) in [5.41, 5.74) is 0.571. The van der Waals surface area contributed by atoms with Crippen molar-refractivity contribution in [2.75, 3.05) is 20.6 Å². The Balaban J connectivity index is 0.00000441. The van der Waals surface area contributed by atoms with Crippen LogP contribution in [0, 0.1) is 19.3 Å². The highest BCUT2D eigenvalue weighted by atomic mass is 127. The first-order valence-corrected chi connectivity index (χ1v) is 7.71. The fraction of sp³-hybridized carbons (Fsp3) is 0.643. The summed E-state index contributed by atoms with van der Waals surface area (Å²) in [6.45, 7) is 8.98. The second-order valence-corrected chi connectivity index (χ2v) is 6.78. The zero-order valence-corrected chi connectivity index (χ0v) is 17.2. The third-order valence-electron chi connectivity index (χ3n) is 3.24. The van der Waals surface area contributed by atoms with Crippen molar-refractivity contribution in [2.24, 2.45) is 10.4 Å². The molecular formula is C14H26IN5OS. The number of hydrogen-bond acceptors (Lipinski definition) is 4. The number of nitrogens with zero attached hydrogens (tertiary/aromatic N) is 2. The van der Waals surface area contributed by atoms with Gasteiger partial charge in [-0.1, -0.05) is 0 Å². The van der Waals surface area contributed by atoms with Crippen LogP contribution in [0.15, 0.2) is 4.99 Å². The lowest BCUT2D eigenvalue weighted by Gasteiger charge is -2.24. The molecule has 3 N–H and O–H groups in total. The maximum Gasteiger partial charge on any atom is 0.227 e. The van der Waals surface area contributed by atoms with Gasteiger partial charge < -0.3 is 16.0 Å². The zero-order valence-electron chi connectivity index (χ0n) is 14.0. The number of guanidine groups is 1. The van der Waals surface area contributed by atoms with E-state index in [4.69, 9.17) is 0 Å². The number of amides is 1. The van der Waals surface area contributed by atoms with Crippen LogP contribution in [0.25, 0.3) is 0 Å². The SMILES string of the molecule is CN=C(NCc1nc(C)c(C)s1)NCC(C)(C)C(=O)NC.I. The lowest BCUT2D eigenvalue weighted by Crippen LogP contribution is -2.47. The van der Waals surface area contributed by atoms with Crippen LogP contribution in [-0.4, -0.2) is 37.5 Å². The molecule has 8 heteroatoms. The lowest BCUT2D eigenvalue weighted by atomic mass is 9.92. The molecule has 6 nitrogen and oxygen atoms in total. The van der Waals surface area contributed by atoms with Crippen LogP contribution >= 0.6 is 35.3 Å². The first-order valence-electron chi connectivity index (χ1n) is 6.89. The summed E-state index contributed by atoms with van der Waals surface area (Å²) < 4.78 is 0. The first-order chi connectivity index (χ1) is 9.80. The van der Waals surface area contributed by atoms with Crippen LogP contribution in [0.1, 0.15) is 29.4 Å². The molecule has 0 aliphatic heterocycles. The third-order valence-corrected chi connectivity index (χ3v) is 4.32. The summed E-state index contributed by atoms with van der Waals surface area (Å²) in [6.07, 6.45) is 0. The highest BCUT2D eigenvalue weighted by Crippen LogP contribution is 2.16. The zero-order chi connectivity index (χ0) is 16.0. The molecule has 0 saturated heterocycles. The summed E-state index contributed by atoms with van der Waals surface area (Å²) >= 11 is 1.68. The number of aromatic nitrogens is 1. The molecule has 0 fully saturated rings. The normalized spacial score (nSPS) is 11.6. The Morgan fingerprint density at radius 2 is 1.95 bits per heavy atom. The Labute approximate surface area is 153 Å². The molecule has 0 aliphatic carbocycles. The van der Waals surface area contributed by atoms with Gasteiger partial charge in [0.2, 0.25) is 5.91 Å². The van der Waals surface area contributed by atoms with Gasteiger partial charge in [-0.2, -0.15) is 0 Å². The molecule has 0 spiro atoms. The van der Waals surface area contributed by atoms with Crippen molar-refractivity contribution in [1.29, 1.82) is 0 Å². The summed E-state index contributed by atoms with van der Waals surface area (Å²) in [5, 5.41) is 10.1. The van der Waals surface area contributed by atoms with Crippen LogP contribution in [0.4, 0.5) is 0 Å². The number of thiazole rings is 1. The number of aliphatic imine (C=N–C) groups is 1. The maximum absolute atomic E-state index is 11.7. The number of aryl methyl sites for hydroxylation is 2. The van der Waals surface area contributed by atoms with Crippen molar-refractivity contribution in [3.63, 3.8) is 0 Å². The van der Waals surface area contributed by atoms with Gasteiger partial charge in [0.05, 0.1) is 17.7 Å². The Hall–Kier alpha value is -0.900. The molecule has 0 aliphatic rings. The molecule has 0 saturated carbocycles. The second-order valence-electron chi connectivity index (χ2n) is 5.49. The molecule has 1 heterocycles. The topological polar surface area (TPSA) is 78.4 Å². The van der Waals surface area contributed by atoms with E-state index in [1.807, 2.05) is 20.8 Å². The standard InChI is InChI=1S/C14H25N5OS.HI/c1-9-10(2)21-11(19-9)7-17-13(16-6)18-8-14(3,4)12(20)15-5;/h7-8H2,1-6H3,(H,15,20)(H2,16,17,18);1H. The molecule has 0 aromatic carbocycles. The molecule has 1 rings (SSSR count). The summed E-state index contributed by atoms with van der Waals surface area (Å²) in [5.74, 6) is 0.661. The van der Waals surface area contributed by atoms with Crippen LogP contribution in [0.5, 0.6) is 0 Å². The monoisotopic (exact) mass is 439 g/mol. The minimum absolute atomic E-state index is 0. The van der Waals surface area contributed by atoms with Gasteiger partial charge in [0.25, 0.3) is 0 Å². The smallest absolute Gasteiger partial charge is 0.227 e. The minimum Gasteiger partial charge on any atom is -0.359 e. The van der Waals surface area contributed by atoms with Gasteiger partial charge >= 0.3 is 0 Å². The number of hydrogen-bond donors (Lipinski definition) is 3. The second kappa shape index (κ2) is 9.29. The Morgan fingerprint density at radius 3 is 2.41 bits per heavy atom. The first kappa shape index (κ1) is 21.1. The van der Waals surface area contributed by atoms with E-state index in [1.54, 1.807) is 25.4 Å². The minimum atomic E-state index is -0.499. The number of nitrogens with one attached hydrogen (secondary N) is 3. The van der Waals surface area contributed by atoms with Crippen LogP contribution in [0.3, 0.4) is 0 Å².